The first-order valence-corrected chi connectivity index (χ1v) is 16.6. The molecule has 6 nitrogen and oxygen atoms in total. The van der Waals surface area contributed by atoms with Crippen molar-refractivity contribution >= 4 is 23.2 Å². The van der Waals surface area contributed by atoms with Crippen LogP contribution in [0.5, 0.6) is 0 Å². The van der Waals surface area contributed by atoms with Crippen molar-refractivity contribution in [2.45, 2.75) is 0 Å². The Morgan fingerprint density at radius 3 is 0.700 bits per heavy atom. The van der Waals surface area contributed by atoms with Gasteiger partial charge in [0.25, 0.3) is 0 Å². The predicted octanol–water partition coefficient (Wildman–Crippen LogP) is 11.1. The van der Waals surface area contributed by atoms with Gasteiger partial charge in [0.15, 0.2) is 34.9 Å². The third kappa shape index (κ3) is 7.96. The Morgan fingerprint density at radius 1 is 0.240 bits per heavy atom. The van der Waals surface area contributed by atoms with Gasteiger partial charge in [-0.2, -0.15) is 0 Å². The van der Waals surface area contributed by atoms with Crippen LogP contribution in [0.25, 0.3) is 68.3 Å². The Balaban J connectivity index is 0.000000157. The SMILES string of the molecule is Clc1cccc(-c2nc(-c3ccccc3)nc(-c3ccccc3)n2)c1.Clc1cccc(-c2nc(-c3ccccc3)nc(-c3ccccc3)n2)c1. The van der Waals surface area contributed by atoms with Crippen molar-refractivity contribution in [2.24, 2.45) is 0 Å². The number of rotatable bonds is 6. The average Bonchev–Trinajstić information content (AvgIpc) is 3.19. The van der Waals surface area contributed by atoms with Crippen LogP contribution in [0, 0.1) is 0 Å². The fourth-order valence-corrected chi connectivity index (χ4v) is 5.51. The van der Waals surface area contributed by atoms with E-state index in [-0.39, 0.29) is 0 Å². The molecule has 6 aromatic carbocycles. The summed E-state index contributed by atoms with van der Waals surface area (Å²) in [6, 6.07) is 54.7. The smallest absolute Gasteiger partial charge is 0.164 e. The van der Waals surface area contributed by atoms with Crippen molar-refractivity contribution in [1.29, 1.82) is 0 Å². The lowest BCUT2D eigenvalue weighted by Gasteiger charge is -2.08. The number of hydrogen-bond donors (Lipinski definition) is 0. The van der Waals surface area contributed by atoms with Gasteiger partial charge in [-0.15, -0.1) is 0 Å². The van der Waals surface area contributed by atoms with E-state index < -0.39 is 0 Å². The van der Waals surface area contributed by atoms with Gasteiger partial charge in [0.05, 0.1) is 0 Å². The number of nitrogens with zero attached hydrogens (tertiary/aromatic N) is 6. The summed E-state index contributed by atoms with van der Waals surface area (Å²) in [5.74, 6) is 3.79. The summed E-state index contributed by atoms with van der Waals surface area (Å²) in [6.07, 6.45) is 0. The van der Waals surface area contributed by atoms with Gasteiger partial charge in [0, 0.05) is 43.4 Å². The molecule has 0 amide bonds. The summed E-state index contributed by atoms with van der Waals surface area (Å²) in [4.78, 5) is 28.0. The van der Waals surface area contributed by atoms with E-state index in [1.54, 1.807) is 0 Å². The molecule has 8 heteroatoms. The molecule has 0 N–H and O–H groups in total. The third-order valence-corrected chi connectivity index (χ3v) is 8.03. The van der Waals surface area contributed by atoms with E-state index in [9.17, 15) is 0 Å². The molecule has 0 aliphatic rings. The fourth-order valence-electron chi connectivity index (χ4n) is 5.13. The Labute approximate surface area is 300 Å². The van der Waals surface area contributed by atoms with Gasteiger partial charge in [0.1, 0.15) is 0 Å². The van der Waals surface area contributed by atoms with Gasteiger partial charge in [-0.05, 0) is 24.3 Å². The molecule has 0 aliphatic heterocycles. The minimum Gasteiger partial charge on any atom is -0.208 e. The molecule has 0 bridgehead atoms. The Hall–Kier alpha value is -6.08. The Morgan fingerprint density at radius 2 is 0.460 bits per heavy atom. The lowest BCUT2D eigenvalue weighted by molar-refractivity contribution is 1.07. The second-order valence-corrected chi connectivity index (χ2v) is 12.0. The van der Waals surface area contributed by atoms with E-state index >= 15 is 0 Å². The topological polar surface area (TPSA) is 77.3 Å². The van der Waals surface area contributed by atoms with Gasteiger partial charge < -0.3 is 0 Å². The summed E-state index contributed by atoms with van der Waals surface area (Å²) in [5.41, 5.74) is 5.53. The molecule has 0 atom stereocenters. The first kappa shape index (κ1) is 32.5. The molecule has 50 heavy (non-hydrogen) atoms. The highest BCUT2D eigenvalue weighted by Gasteiger charge is 2.13. The molecule has 0 spiro atoms. The molecular weight excluding hydrogens is 659 g/mol. The van der Waals surface area contributed by atoms with Crippen molar-refractivity contribution < 1.29 is 0 Å². The highest BCUT2D eigenvalue weighted by Crippen LogP contribution is 2.27. The molecule has 0 fully saturated rings. The van der Waals surface area contributed by atoms with Crippen LogP contribution in [0.2, 0.25) is 10.0 Å². The molecule has 0 radical (unpaired) electrons. The fraction of sp³-hybridized carbons (Fsp3) is 0. The first-order valence-electron chi connectivity index (χ1n) is 15.8. The van der Waals surface area contributed by atoms with E-state index in [1.807, 2.05) is 170 Å². The molecule has 0 unspecified atom stereocenters. The van der Waals surface area contributed by atoms with Gasteiger partial charge in [0.2, 0.25) is 0 Å². The molecule has 8 rings (SSSR count). The zero-order chi connectivity index (χ0) is 34.1. The molecule has 8 aromatic rings. The van der Waals surface area contributed by atoms with Crippen molar-refractivity contribution in [3.63, 3.8) is 0 Å². The average molecular weight is 688 g/mol. The van der Waals surface area contributed by atoms with Gasteiger partial charge in [-0.3, -0.25) is 0 Å². The molecular formula is C42H28Cl2N6. The lowest BCUT2D eigenvalue weighted by Crippen LogP contribution is -2.00. The minimum atomic E-state index is 0.607. The van der Waals surface area contributed by atoms with Gasteiger partial charge in [-0.25, -0.2) is 29.9 Å². The molecule has 0 saturated carbocycles. The summed E-state index contributed by atoms with van der Waals surface area (Å²) < 4.78 is 0. The maximum absolute atomic E-state index is 6.14. The minimum absolute atomic E-state index is 0.607. The maximum Gasteiger partial charge on any atom is 0.164 e. The van der Waals surface area contributed by atoms with E-state index in [4.69, 9.17) is 23.2 Å². The van der Waals surface area contributed by atoms with Crippen LogP contribution in [0.1, 0.15) is 0 Å². The molecule has 0 saturated heterocycles. The van der Waals surface area contributed by atoms with E-state index in [2.05, 4.69) is 29.9 Å². The Kier molecular flexibility index (Phi) is 10.0. The maximum atomic E-state index is 6.14. The Bertz CT molecular complexity index is 2060. The number of benzene rings is 6. The number of aromatic nitrogens is 6. The highest BCUT2D eigenvalue weighted by molar-refractivity contribution is 6.31. The van der Waals surface area contributed by atoms with Gasteiger partial charge >= 0.3 is 0 Å². The first-order chi connectivity index (χ1) is 24.6. The number of halogens is 2. The molecule has 0 aliphatic carbocycles. The summed E-state index contributed by atoms with van der Waals surface area (Å²) in [7, 11) is 0. The van der Waals surface area contributed by atoms with Crippen LogP contribution >= 0.6 is 23.2 Å². The van der Waals surface area contributed by atoms with Crippen LogP contribution in [-0.2, 0) is 0 Å². The van der Waals surface area contributed by atoms with Crippen LogP contribution in [0.3, 0.4) is 0 Å². The zero-order valence-corrected chi connectivity index (χ0v) is 28.1. The summed E-state index contributed by atoms with van der Waals surface area (Å²) in [6.45, 7) is 0. The quantitative estimate of drug-likeness (QED) is 0.173. The normalized spacial score (nSPS) is 10.6. The van der Waals surface area contributed by atoms with Crippen LogP contribution in [0.15, 0.2) is 170 Å². The van der Waals surface area contributed by atoms with Crippen molar-refractivity contribution in [1.82, 2.24) is 29.9 Å². The monoisotopic (exact) mass is 686 g/mol. The van der Waals surface area contributed by atoms with Crippen LogP contribution in [-0.4, -0.2) is 29.9 Å². The molecule has 2 heterocycles. The van der Waals surface area contributed by atoms with E-state index in [1.165, 1.54) is 0 Å². The summed E-state index contributed by atoms with van der Waals surface area (Å²) in [5, 5.41) is 1.31. The zero-order valence-electron chi connectivity index (χ0n) is 26.6. The number of hydrogen-bond acceptors (Lipinski definition) is 6. The van der Waals surface area contributed by atoms with Crippen molar-refractivity contribution in [3.8, 4) is 68.3 Å². The van der Waals surface area contributed by atoms with Crippen molar-refractivity contribution in [2.75, 3.05) is 0 Å². The molecule has 240 valence electrons. The second-order valence-electron chi connectivity index (χ2n) is 11.1. The highest BCUT2D eigenvalue weighted by atomic mass is 35.5. The lowest BCUT2D eigenvalue weighted by atomic mass is 10.1. The standard InChI is InChI=1S/2C21H14ClN3/c2*22-18-13-7-12-17(14-18)21-24-19(15-8-3-1-4-9-15)23-20(25-21)16-10-5-2-6-11-16/h2*1-14H. The largest absolute Gasteiger partial charge is 0.208 e. The van der Waals surface area contributed by atoms with Crippen LogP contribution < -0.4 is 0 Å². The van der Waals surface area contributed by atoms with Crippen molar-refractivity contribution in [3.05, 3.63) is 180 Å². The second kappa shape index (κ2) is 15.4. The predicted molar refractivity (Wildman–Crippen MR) is 202 cm³/mol. The molecule has 2 aromatic heterocycles. The van der Waals surface area contributed by atoms with E-state index in [0.717, 1.165) is 33.4 Å². The van der Waals surface area contributed by atoms with E-state index in [0.29, 0.717) is 45.0 Å². The van der Waals surface area contributed by atoms with Crippen LogP contribution in [0.4, 0.5) is 0 Å². The third-order valence-electron chi connectivity index (χ3n) is 7.56. The van der Waals surface area contributed by atoms with Gasteiger partial charge in [-0.1, -0.05) is 169 Å². The summed E-state index contributed by atoms with van der Waals surface area (Å²) >= 11 is 12.3.